The molecule has 0 spiro atoms. The normalized spacial score (nSPS) is 11.0. The number of phenolic OH excluding ortho intramolecular Hbond substituents is 1. The molecule has 0 aromatic heterocycles. The lowest BCUT2D eigenvalue weighted by molar-refractivity contribution is 0.475. The summed E-state index contributed by atoms with van der Waals surface area (Å²) in [7, 11) is 0. The maximum Gasteiger partial charge on any atom is 0.115 e. The highest BCUT2D eigenvalue weighted by Crippen LogP contribution is 2.41. The molecule has 48 heavy (non-hydrogen) atoms. The zero-order valence-electron chi connectivity index (χ0n) is 27.2. The molecule has 0 heterocycles. The minimum absolute atomic E-state index is 0.280. The fraction of sp³-hybridized carbons (Fsp3) is 0.106. The molecule has 0 aliphatic carbocycles. The van der Waals surface area contributed by atoms with Crippen LogP contribution in [-0.2, 0) is 32.1 Å². The standard InChI is InChI=1S/C47H40O/c48-41-28-26-40(27-29-41)47-45(33-38-22-12-4-13-23-38)43(31-36-18-8-2-9-19-36)42(30-35-16-6-1-7-17-35)44(32-37-20-10-3-11-21-37)46(47)34-39-24-14-5-15-25-39/h1-29,48H,30-34H2. The van der Waals surface area contributed by atoms with Crippen LogP contribution in [0.15, 0.2) is 176 Å². The third-order valence-corrected chi connectivity index (χ3v) is 9.34. The first kappa shape index (κ1) is 31.0. The fourth-order valence-corrected chi connectivity index (χ4v) is 7.04. The van der Waals surface area contributed by atoms with Crippen LogP contribution in [-0.4, -0.2) is 5.11 Å². The van der Waals surface area contributed by atoms with Crippen molar-refractivity contribution in [1.29, 1.82) is 0 Å². The molecule has 1 N–H and O–H groups in total. The van der Waals surface area contributed by atoms with Gasteiger partial charge in [0.1, 0.15) is 5.75 Å². The molecule has 0 saturated carbocycles. The van der Waals surface area contributed by atoms with E-state index in [9.17, 15) is 5.11 Å². The van der Waals surface area contributed by atoms with E-state index in [-0.39, 0.29) is 5.75 Å². The third kappa shape index (κ3) is 7.32. The van der Waals surface area contributed by atoms with Crippen LogP contribution in [0.2, 0.25) is 0 Å². The van der Waals surface area contributed by atoms with Crippen LogP contribution in [0.3, 0.4) is 0 Å². The second kappa shape index (κ2) is 14.8. The van der Waals surface area contributed by atoms with E-state index in [1.807, 2.05) is 12.1 Å². The van der Waals surface area contributed by atoms with E-state index in [2.05, 4.69) is 164 Å². The van der Waals surface area contributed by atoms with Crippen LogP contribution in [0, 0.1) is 0 Å². The first-order valence-electron chi connectivity index (χ1n) is 16.9. The lowest BCUT2D eigenvalue weighted by atomic mass is 9.75. The van der Waals surface area contributed by atoms with Gasteiger partial charge < -0.3 is 5.11 Å². The van der Waals surface area contributed by atoms with Crippen LogP contribution < -0.4 is 0 Å². The van der Waals surface area contributed by atoms with Crippen molar-refractivity contribution < 1.29 is 5.11 Å². The van der Waals surface area contributed by atoms with Crippen LogP contribution in [0.5, 0.6) is 5.75 Å². The number of hydrogen-bond donors (Lipinski definition) is 1. The van der Waals surface area contributed by atoms with Gasteiger partial charge in [-0.2, -0.15) is 0 Å². The van der Waals surface area contributed by atoms with Gasteiger partial charge in [-0.1, -0.05) is 164 Å². The van der Waals surface area contributed by atoms with E-state index in [0.717, 1.165) is 37.7 Å². The van der Waals surface area contributed by atoms with Gasteiger partial charge in [-0.15, -0.1) is 0 Å². The molecule has 0 saturated heterocycles. The molecule has 0 unspecified atom stereocenters. The summed E-state index contributed by atoms with van der Waals surface area (Å²) < 4.78 is 0. The van der Waals surface area contributed by atoms with Crippen molar-refractivity contribution in [1.82, 2.24) is 0 Å². The number of rotatable bonds is 11. The summed E-state index contributed by atoms with van der Waals surface area (Å²) in [5, 5.41) is 10.4. The van der Waals surface area contributed by atoms with Crippen molar-refractivity contribution in [2.45, 2.75) is 32.1 Å². The zero-order valence-corrected chi connectivity index (χ0v) is 27.2. The molecule has 0 aliphatic heterocycles. The highest BCUT2D eigenvalue weighted by molar-refractivity contribution is 5.78. The van der Waals surface area contributed by atoms with Gasteiger partial charge in [-0.05, 0) is 111 Å². The molecule has 0 atom stereocenters. The molecule has 1 heteroatoms. The van der Waals surface area contributed by atoms with Gasteiger partial charge in [0.05, 0.1) is 0 Å². The number of benzene rings is 7. The average molecular weight is 621 g/mol. The smallest absolute Gasteiger partial charge is 0.115 e. The lowest BCUT2D eigenvalue weighted by Crippen LogP contribution is -2.14. The Morgan fingerprint density at radius 2 is 0.521 bits per heavy atom. The summed E-state index contributed by atoms with van der Waals surface area (Å²) in [6.07, 6.45) is 4.15. The van der Waals surface area contributed by atoms with E-state index in [0.29, 0.717) is 0 Å². The number of phenols is 1. The minimum atomic E-state index is 0.280. The molecule has 0 fully saturated rings. The van der Waals surface area contributed by atoms with Gasteiger partial charge in [0, 0.05) is 0 Å². The molecular formula is C47H40O. The van der Waals surface area contributed by atoms with E-state index in [1.54, 1.807) is 0 Å². The van der Waals surface area contributed by atoms with Gasteiger partial charge in [0.2, 0.25) is 0 Å². The Labute approximate surface area is 284 Å². The Kier molecular flexibility index (Phi) is 9.57. The first-order chi connectivity index (χ1) is 23.7. The molecule has 0 bridgehead atoms. The largest absolute Gasteiger partial charge is 0.508 e. The van der Waals surface area contributed by atoms with Crippen molar-refractivity contribution in [3.05, 3.63) is 232 Å². The molecule has 0 amide bonds. The molecule has 1 nitrogen and oxygen atoms in total. The van der Waals surface area contributed by atoms with Gasteiger partial charge in [0.15, 0.2) is 0 Å². The van der Waals surface area contributed by atoms with Crippen LogP contribution in [0.1, 0.15) is 55.6 Å². The predicted molar refractivity (Wildman–Crippen MR) is 200 cm³/mol. The van der Waals surface area contributed by atoms with Crippen LogP contribution in [0.25, 0.3) is 11.1 Å². The summed E-state index contributed by atoms with van der Waals surface area (Å²) in [5.74, 6) is 0.280. The molecule has 0 radical (unpaired) electrons. The van der Waals surface area contributed by atoms with Crippen molar-refractivity contribution in [2.24, 2.45) is 0 Å². The quantitative estimate of drug-likeness (QED) is 0.153. The predicted octanol–water partition coefficient (Wildman–Crippen LogP) is 11.0. The van der Waals surface area contributed by atoms with Crippen molar-refractivity contribution in [3.8, 4) is 16.9 Å². The summed E-state index contributed by atoms with van der Waals surface area (Å²) >= 11 is 0. The number of aromatic hydroxyl groups is 1. The monoisotopic (exact) mass is 620 g/mol. The molecule has 234 valence electrons. The van der Waals surface area contributed by atoms with Gasteiger partial charge in [-0.25, -0.2) is 0 Å². The first-order valence-corrected chi connectivity index (χ1v) is 16.9. The van der Waals surface area contributed by atoms with E-state index in [4.69, 9.17) is 0 Å². The Morgan fingerprint density at radius 3 is 0.812 bits per heavy atom. The lowest BCUT2D eigenvalue weighted by Gasteiger charge is -2.28. The second-order valence-electron chi connectivity index (χ2n) is 12.6. The van der Waals surface area contributed by atoms with E-state index < -0.39 is 0 Å². The average Bonchev–Trinajstić information content (AvgIpc) is 3.14. The third-order valence-electron chi connectivity index (χ3n) is 9.34. The Balaban J connectivity index is 1.60. The Morgan fingerprint density at radius 1 is 0.271 bits per heavy atom. The summed E-state index contributed by atoms with van der Waals surface area (Å²) in [6, 6.07) is 62.4. The Bertz CT molecular complexity index is 1940. The summed E-state index contributed by atoms with van der Waals surface area (Å²) in [6.45, 7) is 0. The van der Waals surface area contributed by atoms with E-state index in [1.165, 1.54) is 61.2 Å². The maximum absolute atomic E-state index is 10.4. The van der Waals surface area contributed by atoms with E-state index >= 15 is 0 Å². The van der Waals surface area contributed by atoms with Gasteiger partial charge in [-0.3, -0.25) is 0 Å². The molecule has 0 aliphatic rings. The van der Waals surface area contributed by atoms with Crippen LogP contribution >= 0.6 is 0 Å². The number of hydrogen-bond acceptors (Lipinski definition) is 1. The highest BCUT2D eigenvalue weighted by atomic mass is 16.3. The second-order valence-corrected chi connectivity index (χ2v) is 12.6. The molecular weight excluding hydrogens is 581 g/mol. The van der Waals surface area contributed by atoms with Crippen molar-refractivity contribution in [2.75, 3.05) is 0 Å². The molecule has 7 aromatic carbocycles. The van der Waals surface area contributed by atoms with Crippen molar-refractivity contribution in [3.63, 3.8) is 0 Å². The van der Waals surface area contributed by atoms with Gasteiger partial charge in [0.25, 0.3) is 0 Å². The fourth-order valence-electron chi connectivity index (χ4n) is 7.04. The Hall–Kier alpha value is -5.66. The minimum Gasteiger partial charge on any atom is -0.508 e. The topological polar surface area (TPSA) is 20.2 Å². The maximum atomic E-state index is 10.4. The zero-order chi connectivity index (χ0) is 32.5. The molecule has 7 aromatic rings. The summed E-state index contributed by atoms with van der Waals surface area (Å²) in [5.41, 5.74) is 15.9. The SMILES string of the molecule is Oc1ccc(-c2c(Cc3ccccc3)c(Cc3ccccc3)c(Cc3ccccc3)c(Cc3ccccc3)c2Cc2ccccc2)cc1. The highest BCUT2D eigenvalue weighted by Gasteiger charge is 2.26. The summed E-state index contributed by atoms with van der Waals surface area (Å²) in [4.78, 5) is 0. The van der Waals surface area contributed by atoms with Crippen LogP contribution in [0.4, 0.5) is 0 Å². The van der Waals surface area contributed by atoms with Crippen molar-refractivity contribution >= 4 is 0 Å². The molecule has 7 rings (SSSR count). The van der Waals surface area contributed by atoms with Gasteiger partial charge >= 0.3 is 0 Å².